The molecule has 0 unspecified atom stereocenters. The average Bonchev–Trinajstić information content (AvgIpc) is 2.15. The molecule has 0 atom stereocenters. The van der Waals surface area contributed by atoms with E-state index in [1.807, 2.05) is 0 Å². The normalized spacial score (nSPS) is 19.0. The van der Waals surface area contributed by atoms with Crippen molar-refractivity contribution >= 4 is 0 Å². The summed E-state index contributed by atoms with van der Waals surface area (Å²) in [5.74, 6) is -1.95. The number of alkyl halides is 2. The van der Waals surface area contributed by atoms with Gasteiger partial charge in [-0.1, -0.05) is 18.6 Å². The SMILES string of the molecule is COc1ccc(C2(C(C)(F)F)CCC2)cc1. The van der Waals surface area contributed by atoms with Gasteiger partial charge in [-0.3, -0.25) is 0 Å². The first-order chi connectivity index (χ1) is 7.49. The molecule has 2 rings (SSSR count). The van der Waals surface area contributed by atoms with Crippen LogP contribution in [0.1, 0.15) is 31.7 Å². The average molecular weight is 226 g/mol. The van der Waals surface area contributed by atoms with E-state index in [0.717, 1.165) is 18.9 Å². The van der Waals surface area contributed by atoms with E-state index in [2.05, 4.69) is 0 Å². The predicted molar refractivity (Wildman–Crippen MR) is 59.1 cm³/mol. The lowest BCUT2D eigenvalue weighted by atomic mass is 9.61. The van der Waals surface area contributed by atoms with Crippen LogP contribution in [0.2, 0.25) is 0 Å². The quantitative estimate of drug-likeness (QED) is 0.762. The highest BCUT2D eigenvalue weighted by Gasteiger charge is 2.54. The van der Waals surface area contributed by atoms with Crippen molar-refractivity contribution in [1.82, 2.24) is 0 Å². The summed E-state index contributed by atoms with van der Waals surface area (Å²) in [5.41, 5.74) is -0.216. The van der Waals surface area contributed by atoms with Gasteiger partial charge >= 0.3 is 0 Å². The van der Waals surface area contributed by atoms with Crippen LogP contribution < -0.4 is 4.74 Å². The first-order valence-corrected chi connectivity index (χ1v) is 5.52. The zero-order chi connectivity index (χ0) is 11.8. The summed E-state index contributed by atoms with van der Waals surface area (Å²) in [6.45, 7) is 1.02. The van der Waals surface area contributed by atoms with E-state index in [-0.39, 0.29) is 0 Å². The minimum atomic E-state index is -2.65. The van der Waals surface area contributed by atoms with E-state index >= 15 is 0 Å². The highest BCUT2D eigenvalue weighted by molar-refractivity contribution is 5.35. The summed E-state index contributed by atoms with van der Waals surface area (Å²) >= 11 is 0. The van der Waals surface area contributed by atoms with Crippen molar-refractivity contribution in [1.29, 1.82) is 0 Å². The predicted octanol–water partition coefficient (Wildman–Crippen LogP) is 3.77. The van der Waals surface area contributed by atoms with Crippen molar-refractivity contribution in [2.75, 3.05) is 7.11 Å². The van der Waals surface area contributed by atoms with Gasteiger partial charge in [0, 0.05) is 6.92 Å². The van der Waals surface area contributed by atoms with Crippen LogP contribution >= 0.6 is 0 Å². The molecule has 0 aliphatic heterocycles. The number of halogens is 2. The Morgan fingerprint density at radius 2 is 1.75 bits per heavy atom. The summed E-state index contributed by atoms with van der Waals surface area (Å²) in [4.78, 5) is 0. The van der Waals surface area contributed by atoms with Crippen molar-refractivity contribution in [2.24, 2.45) is 0 Å². The van der Waals surface area contributed by atoms with Crippen molar-refractivity contribution in [3.8, 4) is 5.75 Å². The lowest BCUT2D eigenvalue weighted by molar-refractivity contribution is -0.0969. The van der Waals surface area contributed by atoms with Gasteiger partial charge in [0.15, 0.2) is 0 Å². The minimum absolute atomic E-state index is 0.572. The Hall–Kier alpha value is -1.12. The summed E-state index contributed by atoms with van der Waals surface area (Å²) in [5, 5.41) is 0. The van der Waals surface area contributed by atoms with Gasteiger partial charge in [0.05, 0.1) is 12.5 Å². The van der Waals surface area contributed by atoms with Gasteiger partial charge in [0.2, 0.25) is 0 Å². The molecule has 0 radical (unpaired) electrons. The maximum Gasteiger partial charge on any atom is 0.254 e. The fourth-order valence-corrected chi connectivity index (χ4v) is 2.42. The largest absolute Gasteiger partial charge is 0.497 e. The maximum atomic E-state index is 13.7. The molecule has 1 aromatic rings. The molecule has 1 saturated carbocycles. The number of hydrogen-bond donors (Lipinski definition) is 0. The van der Waals surface area contributed by atoms with Crippen molar-refractivity contribution in [3.63, 3.8) is 0 Å². The molecule has 1 aromatic carbocycles. The second kappa shape index (κ2) is 3.72. The van der Waals surface area contributed by atoms with Crippen molar-refractivity contribution < 1.29 is 13.5 Å². The molecule has 1 fully saturated rings. The third-order valence-electron chi connectivity index (χ3n) is 3.69. The van der Waals surface area contributed by atoms with Gasteiger partial charge in [-0.2, -0.15) is 0 Å². The number of hydrogen-bond acceptors (Lipinski definition) is 1. The van der Waals surface area contributed by atoms with E-state index in [1.54, 1.807) is 31.4 Å². The van der Waals surface area contributed by atoms with Crippen LogP contribution in [0.25, 0.3) is 0 Å². The van der Waals surface area contributed by atoms with Crippen LogP contribution in [0.15, 0.2) is 24.3 Å². The first-order valence-electron chi connectivity index (χ1n) is 5.52. The zero-order valence-electron chi connectivity index (χ0n) is 9.59. The molecule has 0 N–H and O–H groups in total. The highest BCUT2D eigenvalue weighted by atomic mass is 19.3. The molecule has 1 aliphatic rings. The van der Waals surface area contributed by atoms with E-state index in [9.17, 15) is 8.78 Å². The van der Waals surface area contributed by atoms with Crippen LogP contribution in [0.4, 0.5) is 8.78 Å². The van der Waals surface area contributed by atoms with Crippen LogP contribution in [0.5, 0.6) is 5.75 Å². The molecule has 88 valence electrons. The molecular formula is C13H16F2O. The van der Waals surface area contributed by atoms with Crippen LogP contribution in [-0.2, 0) is 5.41 Å². The molecule has 16 heavy (non-hydrogen) atoms. The van der Waals surface area contributed by atoms with Gasteiger partial charge in [0.25, 0.3) is 5.92 Å². The molecular weight excluding hydrogens is 210 g/mol. The molecule has 3 heteroatoms. The Morgan fingerprint density at radius 1 is 1.19 bits per heavy atom. The van der Waals surface area contributed by atoms with E-state index < -0.39 is 11.3 Å². The molecule has 0 amide bonds. The monoisotopic (exact) mass is 226 g/mol. The van der Waals surface area contributed by atoms with E-state index in [0.29, 0.717) is 18.6 Å². The standard InChI is InChI=1S/C13H16F2O/c1-12(14,15)13(8-3-9-13)10-4-6-11(16-2)7-5-10/h4-7H,3,8-9H2,1-2H3. The molecule has 0 bridgehead atoms. The van der Waals surface area contributed by atoms with Gasteiger partial charge in [-0.05, 0) is 30.5 Å². The molecule has 1 aliphatic carbocycles. The lowest BCUT2D eigenvalue weighted by Gasteiger charge is -2.46. The Balaban J connectivity index is 2.34. The summed E-state index contributed by atoms with van der Waals surface area (Å²) < 4.78 is 32.4. The molecule has 0 spiro atoms. The Kier molecular flexibility index (Phi) is 2.64. The van der Waals surface area contributed by atoms with Gasteiger partial charge in [0.1, 0.15) is 5.75 Å². The van der Waals surface area contributed by atoms with Crippen LogP contribution in [-0.4, -0.2) is 13.0 Å². The minimum Gasteiger partial charge on any atom is -0.497 e. The topological polar surface area (TPSA) is 9.23 Å². The van der Waals surface area contributed by atoms with Gasteiger partial charge in [-0.25, -0.2) is 8.78 Å². The second-order valence-corrected chi connectivity index (χ2v) is 4.55. The molecule has 0 saturated heterocycles. The zero-order valence-corrected chi connectivity index (χ0v) is 9.59. The lowest BCUT2D eigenvalue weighted by Crippen LogP contribution is -2.48. The molecule has 0 heterocycles. The molecule has 0 aromatic heterocycles. The number of benzene rings is 1. The third-order valence-corrected chi connectivity index (χ3v) is 3.69. The fraction of sp³-hybridized carbons (Fsp3) is 0.538. The van der Waals surface area contributed by atoms with Gasteiger partial charge < -0.3 is 4.74 Å². The third kappa shape index (κ3) is 1.58. The number of methoxy groups -OCH3 is 1. The maximum absolute atomic E-state index is 13.7. The van der Waals surface area contributed by atoms with E-state index in [4.69, 9.17) is 4.74 Å². The number of rotatable bonds is 3. The van der Waals surface area contributed by atoms with E-state index in [1.165, 1.54) is 0 Å². The second-order valence-electron chi connectivity index (χ2n) is 4.55. The van der Waals surface area contributed by atoms with Crippen LogP contribution in [0, 0.1) is 0 Å². The van der Waals surface area contributed by atoms with Gasteiger partial charge in [-0.15, -0.1) is 0 Å². The Morgan fingerprint density at radius 3 is 2.06 bits per heavy atom. The summed E-state index contributed by atoms with van der Waals surface area (Å²) in [6, 6.07) is 7.02. The van der Waals surface area contributed by atoms with Crippen LogP contribution in [0.3, 0.4) is 0 Å². The smallest absolute Gasteiger partial charge is 0.254 e. The summed E-state index contributed by atoms with van der Waals surface area (Å²) in [6.07, 6.45) is 2.03. The molecule has 1 nitrogen and oxygen atoms in total. The fourth-order valence-electron chi connectivity index (χ4n) is 2.42. The highest BCUT2D eigenvalue weighted by Crippen LogP contribution is 2.53. The Bertz CT molecular complexity index is 361. The number of ether oxygens (including phenoxy) is 1. The Labute approximate surface area is 94.4 Å². The summed E-state index contributed by atoms with van der Waals surface area (Å²) in [7, 11) is 1.57. The van der Waals surface area contributed by atoms with Crippen molar-refractivity contribution in [2.45, 2.75) is 37.5 Å². The van der Waals surface area contributed by atoms with Crippen molar-refractivity contribution in [3.05, 3.63) is 29.8 Å². The first kappa shape index (κ1) is 11.4.